The zero-order chi connectivity index (χ0) is 22.3. The molecule has 0 unspecified atom stereocenters. The molecule has 32 heavy (non-hydrogen) atoms. The monoisotopic (exact) mass is 436 g/mol. The Morgan fingerprint density at radius 1 is 0.938 bits per heavy atom. The Hall–Kier alpha value is -3.46. The van der Waals surface area contributed by atoms with E-state index in [4.69, 9.17) is 9.47 Å². The lowest BCUT2D eigenvalue weighted by Gasteiger charge is -2.34. The standard InChI is InChI=1S/C23H28N6O3/c1-3-31-20-11-10-18(16-21(20)32-4-2)23(30)28-14-12-27(13-15-28)17-22-24-25-26-29(22)19-8-6-5-7-9-19/h5-11,16H,3-4,12-15,17H2,1-2H3. The summed E-state index contributed by atoms with van der Waals surface area (Å²) in [4.78, 5) is 17.2. The topological polar surface area (TPSA) is 85.6 Å². The molecule has 0 saturated carbocycles. The molecule has 1 aromatic heterocycles. The van der Waals surface area contributed by atoms with Gasteiger partial charge in [0.25, 0.3) is 5.91 Å². The van der Waals surface area contributed by atoms with Gasteiger partial charge in [0, 0.05) is 31.7 Å². The van der Waals surface area contributed by atoms with E-state index >= 15 is 0 Å². The van der Waals surface area contributed by atoms with Crippen LogP contribution in [0.15, 0.2) is 48.5 Å². The quantitative estimate of drug-likeness (QED) is 0.536. The molecule has 3 aromatic rings. The number of tetrazole rings is 1. The molecule has 0 spiro atoms. The second-order valence-corrected chi connectivity index (χ2v) is 7.44. The average molecular weight is 437 g/mol. The molecule has 1 aliphatic rings. The average Bonchev–Trinajstić information content (AvgIpc) is 3.29. The molecule has 0 bridgehead atoms. The number of nitrogens with zero attached hydrogens (tertiary/aromatic N) is 6. The third-order valence-corrected chi connectivity index (χ3v) is 5.35. The van der Waals surface area contributed by atoms with Gasteiger partial charge in [-0.1, -0.05) is 18.2 Å². The maximum absolute atomic E-state index is 13.1. The van der Waals surface area contributed by atoms with Crippen molar-refractivity contribution in [3.05, 3.63) is 59.9 Å². The van der Waals surface area contributed by atoms with Gasteiger partial charge in [-0.15, -0.1) is 5.10 Å². The van der Waals surface area contributed by atoms with E-state index in [1.54, 1.807) is 22.9 Å². The van der Waals surface area contributed by atoms with Gasteiger partial charge in [-0.2, -0.15) is 4.68 Å². The molecule has 9 heteroatoms. The number of amides is 1. The molecule has 1 amide bonds. The van der Waals surface area contributed by atoms with Crippen LogP contribution < -0.4 is 9.47 Å². The fourth-order valence-electron chi connectivity index (χ4n) is 3.75. The zero-order valence-electron chi connectivity index (χ0n) is 18.5. The molecular weight excluding hydrogens is 408 g/mol. The predicted molar refractivity (Wildman–Crippen MR) is 119 cm³/mol. The lowest BCUT2D eigenvalue weighted by molar-refractivity contribution is 0.0624. The van der Waals surface area contributed by atoms with E-state index < -0.39 is 0 Å². The Balaban J connectivity index is 1.38. The first kappa shape index (κ1) is 21.8. The van der Waals surface area contributed by atoms with E-state index in [9.17, 15) is 4.79 Å². The van der Waals surface area contributed by atoms with Crippen LogP contribution in [0.3, 0.4) is 0 Å². The minimum absolute atomic E-state index is 0.00257. The highest BCUT2D eigenvalue weighted by molar-refractivity contribution is 5.95. The van der Waals surface area contributed by atoms with E-state index in [2.05, 4.69) is 20.4 Å². The number of ether oxygens (including phenoxy) is 2. The Morgan fingerprint density at radius 2 is 1.66 bits per heavy atom. The Morgan fingerprint density at radius 3 is 2.38 bits per heavy atom. The van der Waals surface area contributed by atoms with Gasteiger partial charge < -0.3 is 14.4 Å². The summed E-state index contributed by atoms with van der Waals surface area (Å²) in [5.74, 6) is 2.05. The summed E-state index contributed by atoms with van der Waals surface area (Å²) in [6.45, 7) is 8.31. The van der Waals surface area contributed by atoms with Crippen LogP contribution in [0.5, 0.6) is 11.5 Å². The van der Waals surface area contributed by atoms with Crippen molar-refractivity contribution in [2.75, 3.05) is 39.4 Å². The van der Waals surface area contributed by atoms with Crippen molar-refractivity contribution >= 4 is 5.91 Å². The van der Waals surface area contributed by atoms with Gasteiger partial charge >= 0.3 is 0 Å². The highest BCUT2D eigenvalue weighted by Gasteiger charge is 2.24. The normalized spacial score (nSPS) is 14.4. The molecule has 1 aliphatic heterocycles. The zero-order valence-corrected chi connectivity index (χ0v) is 18.5. The molecule has 1 saturated heterocycles. The van der Waals surface area contributed by atoms with Crippen LogP contribution in [0.2, 0.25) is 0 Å². The lowest BCUT2D eigenvalue weighted by atomic mass is 10.1. The number of aromatic nitrogens is 4. The Kier molecular flexibility index (Phi) is 6.96. The third-order valence-electron chi connectivity index (χ3n) is 5.35. The van der Waals surface area contributed by atoms with Crippen molar-refractivity contribution in [2.24, 2.45) is 0 Å². The number of benzene rings is 2. The summed E-state index contributed by atoms with van der Waals surface area (Å²) >= 11 is 0. The summed E-state index contributed by atoms with van der Waals surface area (Å²) in [6, 6.07) is 15.2. The second kappa shape index (κ2) is 10.2. The number of hydrogen-bond donors (Lipinski definition) is 0. The highest BCUT2D eigenvalue weighted by atomic mass is 16.5. The summed E-state index contributed by atoms with van der Waals surface area (Å²) in [5.41, 5.74) is 1.54. The number of carbonyl (C=O) groups excluding carboxylic acids is 1. The minimum Gasteiger partial charge on any atom is -0.490 e. The smallest absolute Gasteiger partial charge is 0.254 e. The molecule has 0 N–H and O–H groups in total. The van der Waals surface area contributed by atoms with Gasteiger partial charge in [0.15, 0.2) is 17.3 Å². The largest absolute Gasteiger partial charge is 0.490 e. The Labute approximate surface area is 187 Å². The first-order valence-electron chi connectivity index (χ1n) is 10.9. The number of piperazine rings is 1. The second-order valence-electron chi connectivity index (χ2n) is 7.44. The van der Waals surface area contributed by atoms with E-state index in [1.807, 2.05) is 49.1 Å². The molecule has 0 aliphatic carbocycles. The van der Waals surface area contributed by atoms with Crippen molar-refractivity contribution in [1.82, 2.24) is 30.0 Å². The van der Waals surface area contributed by atoms with Gasteiger partial charge in [0.05, 0.1) is 25.4 Å². The van der Waals surface area contributed by atoms with Gasteiger partial charge in [0.2, 0.25) is 0 Å². The minimum atomic E-state index is 0.00257. The first-order chi connectivity index (χ1) is 15.7. The molecule has 4 rings (SSSR count). The number of rotatable bonds is 8. The van der Waals surface area contributed by atoms with E-state index in [1.165, 1.54) is 0 Å². The van der Waals surface area contributed by atoms with Crippen molar-refractivity contribution in [3.63, 3.8) is 0 Å². The molecule has 168 valence electrons. The van der Waals surface area contributed by atoms with Crippen LogP contribution in [0.1, 0.15) is 30.0 Å². The third kappa shape index (κ3) is 4.88. The van der Waals surface area contributed by atoms with Crippen molar-refractivity contribution in [2.45, 2.75) is 20.4 Å². The molecule has 0 radical (unpaired) electrons. The molecule has 1 fully saturated rings. The summed E-state index contributed by atoms with van der Waals surface area (Å²) in [5, 5.41) is 12.2. The van der Waals surface area contributed by atoms with Crippen LogP contribution in [-0.2, 0) is 6.54 Å². The van der Waals surface area contributed by atoms with Crippen LogP contribution in [0.25, 0.3) is 5.69 Å². The molecule has 0 atom stereocenters. The van der Waals surface area contributed by atoms with Gasteiger partial charge in [-0.25, -0.2) is 0 Å². The van der Waals surface area contributed by atoms with Crippen molar-refractivity contribution in [1.29, 1.82) is 0 Å². The maximum atomic E-state index is 13.1. The predicted octanol–water partition coefficient (Wildman–Crippen LogP) is 2.42. The molecule has 9 nitrogen and oxygen atoms in total. The maximum Gasteiger partial charge on any atom is 0.254 e. The Bertz CT molecular complexity index is 1030. The highest BCUT2D eigenvalue weighted by Crippen LogP contribution is 2.29. The SMILES string of the molecule is CCOc1ccc(C(=O)N2CCN(Cc3nnnn3-c3ccccc3)CC2)cc1OCC. The van der Waals surface area contributed by atoms with Crippen LogP contribution in [-0.4, -0.2) is 75.3 Å². The molecule has 2 aromatic carbocycles. The van der Waals surface area contributed by atoms with Crippen molar-refractivity contribution < 1.29 is 14.3 Å². The van der Waals surface area contributed by atoms with Gasteiger partial charge in [-0.05, 0) is 54.6 Å². The molecular formula is C23H28N6O3. The van der Waals surface area contributed by atoms with Crippen LogP contribution >= 0.6 is 0 Å². The van der Waals surface area contributed by atoms with E-state index in [0.717, 1.165) is 24.6 Å². The van der Waals surface area contributed by atoms with E-state index in [0.29, 0.717) is 49.9 Å². The number of hydrogen-bond acceptors (Lipinski definition) is 7. The first-order valence-corrected chi connectivity index (χ1v) is 10.9. The van der Waals surface area contributed by atoms with Crippen LogP contribution in [0.4, 0.5) is 0 Å². The van der Waals surface area contributed by atoms with Crippen LogP contribution in [0, 0.1) is 0 Å². The summed E-state index contributed by atoms with van der Waals surface area (Å²) in [6.07, 6.45) is 0. The molecule has 2 heterocycles. The summed E-state index contributed by atoms with van der Waals surface area (Å²) < 4.78 is 13.0. The number of para-hydroxylation sites is 1. The fraction of sp³-hybridized carbons (Fsp3) is 0.391. The van der Waals surface area contributed by atoms with Crippen molar-refractivity contribution in [3.8, 4) is 17.2 Å². The van der Waals surface area contributed by atoms with Gasteiger partial charge in [-0.3, -0.25) is 9.69 Å². The van der Waals surface area contributed by atoms with Gasteiger partial charge in [0.1, 0.15) is 0 Å². The summed E-state index contributed by atoms with van der Waals surface area (Å²) in [7, 11) is 0. The lowest BCUT2D eigenvalue weighted by Crippen LogP contribution is -2.48. The number of carbonyl (C=O) groups is 1. The van der Waals surface area contributed by atoms with E-state index in [-0.39, 0.29) is 5.91 Å². The fourth-order valence-corrected chi connectivity index (χ4v) is 3.75.